The number of benzene rings is 1. The third-order valence-corrected chi connectivity index (χ3v) is 7.59. The Morgan fingerprint density at radius 3 is 2.24 bits per heavy atom. The van der Waals surface area contributed by atoms with E-state index in [1.807, 2.05) is 7.11 Å². The standard InChI is InChI=1S/C26H42N2O/c1-25(2)15-22(16-26(3,4)19-25)23-8-6-7-9-24(23)28-12-10-27(11-13-28)17-20-14-21(20)18-29-5/h6-9,20-22H,10-19H2,1-5H3/t20-,21-/m0/s1. The van der Waals surface area contributed by atoms with Gasteiger partial charge in [-0.2, -0.15) is 0 Å². The number of nitrogens with zero attached hydrogens (tertiary/aromatic N) is 2. The van der Waals surface area contributed by atoms with Gasteiger partial charge in [0.1, 0.15) is 0 Å². The Balaban J connectivity index is 1.40. The first-order valence-corrected chi connectivity index (χ1v) is 11.8. The predicted molar refractivity (Wildman–Crippen MR) is 123 cm³/mol. The SMILES string of the molecule is COC[C@@H]1C[C@H]1CN1CCN(c2ccccc2C2CC(C)(C)CC(C)(C)C2)CC1. The highest BCUT2D eigenvalue weighted by molar-refractivity contribution is 5.56. The van der Waals surface area contributed by atoms with Crippen LogP contribution >= 0.6 is 0 Å². The molecule has 0 bridgehead atoms. The molecule has 1 aromatic rings. The molecule has 3 heteroatoms. The quantitative estimate of drug-likeness (QED) is 0.637. The van der Waals surface area contributed by atoms with Gasteiger partial charge in [-0.3, -0.25) is 4.90 Å². The van der Waals surface area contributed by atoms with Crippen LogP contribution in [0.3, 0.4) is 0 Å². The van der Waals surface area contributed by atoms with E-state index in [9.17, 15) is 0 Å². The topological polar surface area (TPSA) is 15.7 Å². The second kappa shape index (κ2) is 8.23. The van der Waals surface area contributed by atoms with Gasteiger partial charge in [-0.15, -0.1) is 0 Å². The molecule has 0 amide bonds. The first-order valence-electron chi connectivity index (χ1n) is 11.8. The molecule has 1 saturated heterocycles. The van der Waals surface area contributed by atoms with Crippen LogP contribution in [-0.4, -0.2) is 51.3 Å². The van der Waals surface area contributed by atoms with Crippen LogP contribution in [0.15, 0.2) is 24.3 Å². The fourth-order valence-corrected chi connectivity index (χ4v) is 6.64. The second-order valence-corrected chi connectivity index (χ2v) is 11.7. The van der Waals surface area contributed by atoms with Gasteiger partial charge < -0.3 is 9.64 Å². The minimum Gasteiger partial charge on any atom is -0.384 e. The highest BCUT2D eigenvalue weighted by atomic mass is 16.5. The molecular weight excluding hydrogens is 356 g/mol. The Kier molecular flexibility index (Phi) is 6.01. The van der Waals surface area contributed by atoms with Gasteiger partial charge in [0.25, 0.3) is 0 Å². The van der Waals surface area contributed by atoms with E-state index in [0.29, 0.717) is 16.7 Å². The summed E-state index contributed by atoms with van der Waals surface area (Å²) in [6.45, 7) is 16.8. The summed E-state index contributed by atoms with van der Waals surface area (Å²) in [4.78, 5) is 5.35. The first kappa shape index (κ1) is 21.2. The highest BCUT2D eigenvalue weighted by Crippen LogP contribution is 2.53. The Labute approximate surface area is 178 Å². The van der Waals surface area contributed by atoms with E-state index in [2.05, 4.69) is 61.8 Å². The lowest BCUT2D eigenvalue weighted by molar-refractivity contribution is 0.0970. The summed E-state index contributed by atoms with van der Waals surface area (Å²) in [7, 11) is 1.83. The number of methoxy groups -OCH3 is 1. The third kappa shape index (κ3) is 5.17. The van der Waals surface area contributed by atoms with Gasteiger partial charge in [-0.25, -0.2) is 0 Å². The molecule has 0 unspecified atom stereocenters. The zero-order valence-electron chi connectivity index (χ0n) is 19.4. The van der Waals surface area contributed by atoms with Crippen LogP contribution in [0.2, 0.25) is 0 Å². The van der Waals surface area contributed by atoms with Gasteiger partial charge >= 0.3 is 0 Å². The molecule has 3 aliphatic rings. The monoisotopic (exact) mass is 398 g/mol. The summed E-state index contributed by atoms with van der Waals surface area (Å²) < 4.78 is 5.33. The minimum absolute atomic E-state index is 0.432. The molecule has 4 rings (SSSR count). The number of anilines is 1. The Bertz CT molecular complexity index is 674. The molecule has 0 radical (unpaired) electrons. The number of hydrogen-bond donors (Lipinski definition) is 0. The van der Waals surface area contributed by atoms with Crippen molar-refractivity contribution in [1.82, 2.24) is 4.90 Å². The van der Waals surface area contributed by atoms with Crippen LogP contribution in [0, 0.1) is 22.7 Å². The van der Waals surface area contributed by atoms with Gasteiger partial charge in [0.15, 0.2) is 0 Å². The average Bonchev–Trinajstić information content (AvgIpc) is 3.37. The van der Waals surface area contributed by atoms with Crippen LogP contribution in [0.4, 0.5) is 5.69 Å². The maximum absolute atomic E-state index is 5.33. The predicted octanol–water partition coefficient (Wildman–Crippen LogP) is 5.41. The lowest BCUT2D eigenvalue weighted by atomic mass is 9.60. The van der Waals surface area contributed by atoms with E-state index >= 15 is 0 Å². The van der Waals surface area contributed by atoms with Gasteiger partial charge in [0, 0.05) is 52.1 Å². The van der Waals surface area contributed by atoms with Crippen LogP contribution in [-0.2, 0) is 4.74 Å². The maximum Gasteiger partial charge on any atom is 0.0493 e. The molecule has 2 atom stereocenters. The third-order valence-electron chi connectivity index (χ3n) is 7.59. The zero-order valence-corrected chi connectivity index (χ0v) is 19.4. The Morgan fingerprint density at radius 1 is 0.931 bits per heavy atom. The van der Waals surface area contributed by atoms with E-state index in [0.717, 1.165) is 31.5 Å². The largest absolute Gasteiger partial charge is 0.384 e. The van der Waals surface area contributed by atoms with Crippen molar-refractivity contribution < 1.29 is 4.74 Å². The van der Waals surface area contributed by atoms with E-state index in [1.165, 1.54) is 51.0 Å². The lowest BCUT2D eigenvalue weighted by Crippen LogP contribution is -2.47. The van der Waals surface area contributed by atoms with Crippen molar-refractivity contribution in [2.75, 3.05) is 51.3 Å². The molecule has 3 nitrogen and oxygen atoms in total. The van der Waals surface area contributed by atoms with Crippen molar-refractivity contribution in [2.24, 2.45) is 22.7 Å². The number of hydrogen-bond acceptors (Lipinski definition) is 3. The van der Waals surface area contributed by atoms with Gasteiger partial charge in [-0.1, -0.05) is 45.9 Å². The van der Waals surface area contributed by atoms with Crippen molar-refractivity contribution in [3.63, 3.8) is 0 Å². The summed E-state index contributed by atoms with van der Waals surface area (Å²) in [5.41, 5.74) is 3.97. The van der Waals surface area contributed by atoms with E-state index in [1.54, 1.807) is 5.56 Å². The van der Waals surface area contributed by atoms with Crippen molar-refractivity contribution in [3.8, 4) is 0 Å². The molecule has 1 heterocycles. The molecule has 1 aliphatic heterocycles. The maximum atomic E-state index is 5.33. The average molecular weight is 399 g/mol. The summed E-state index contributed by atoms with van der Waals surface area (Å²) in [6.07, 6.45) is 5.33. The highest BCUT2D eigenvalue weighted by Gasteiger charge is 2.40. The van der Waals surface area contributed by atoms with Crippen LogP contribution < -0.4 is 4.90 Å². The van der Waals surface area contributed by atoms with Crippen molar-refractivity contribution >= 4 is 5.69 Å². The first-order chi connectivity index (χ1) is 13.8. The van der Waals surface area contributed by atoms with E-state index in [4.69, 9.17) is 4.74 Å². The molecule has 2 saturated carbocycles. The van der Waals surface area contributed by atoms with Crippen LogP contribution in [0.25, 0.3) is 0 Å². The summed E-state index contributed by atoms with van der Waals surface area (Å²) in [5, 5.41) is 0. The van der Waals surface area contributed by atoms with Crippen molar-refractivity contribution in [3.05, 3.63) is 29.8 Å². The summed E-state index contributed by atoms with van der Waals surface area (Å²) in [6, 6.07) is 9.30. The van der Waals surface area contributed by atoms with Gasteiger partial charge in [0.2, 0.25) is 0 Å². The van der Waals surface area contributed by atoms with Crippen molar-refractivity contribution in [1.29, 1.82) is 0 Å². The van der Waals surface area contributed by atoms with E-state index in [-0.39, 0.29) is 0 Å². The van der Waals surface area contributed by atoms with E-state index < -0.39 is 0 Å². The van der Waals surface area contributed by atoms with Gasteiger partial charge in [-0.05, 0) is 65.9 Å². The van der Waals surface area contributed by atoms with Crippen molar-refractivity contribution in [2.45, 2.75) is 59.3 Å². The number of piperazine rings is 1. The molecule has 0 N–H and O–H groups in total. The number of para-hydroxylation sites is 1. The summed E-state index contributed by atoms with van der Waals surface area (Å²) >= 11 is 0. The molecule has 1 aromatic carbocycles. The fraction of sp³-hybridized carbons (Fsp3) is 0.769. The molecule has 0 spiro atoms. The molecule has 3 fully saturated rings. The number of rotatable bonds is 6. The van der Waals surface area contributed by atoms with Gasteiger partial charge in [0.05, 0.1) is 0 Å². The molecular formula is C26H42N2O. The Hall–Kier alpha value is -1.06. The lowest BCUT2D eigenvalue weighted by Gasteiger charge is -2.46. The zero-order chi connectivity index (χ0) is 20.6. The molecule has 29 heavy (non-hydrogen) atoms. The second-order valence-electron chi connectivity index (χ2n) is 11.7. The number of ether oxygens (including phenoxy) is 1. The Morgan fingerprint density at radius 2 is 1.59 bits per heavy atom. The molecule has 162 valence electrons. The minimum atomic E-state index is 0.432. The smallest absolute Gasteiger partial charge is 0.0493 e. The fourth-order valence-electron chi connectivity index (χ4n) is 6.64. The summed E-state index contributed by atoms with van der Waals surface area (Å²) in [5.74, 6) is 2.38. The molecule has 0 aromatic heterocycles. The van der Waals surface area contributed by atoms with Crippen LogP contribution in [0.1, 0.15) is 64.9 Å². The molecule has 2 aliphatic carbocycles. The van der Waals surface area contributed by atoms with Crippen LogP contribution in [0.5, 0.6) is 0 Å². The normalized spacial score (nSPS) is 29.8.